The van der Waals surface area contributed by atoms with Crippen molar-refractivity contribution in [2.75, 3.05) is 13.1 Å². The van der Waals surface area contributed by atoms with Gasteiger partial charge in [-0.2, -0.15) is 0 Å². The average Bonchev–Trinajstić information content (AvgIpc) is 2.84. The lowest BCUT2D eigenvalue weighted by Gasteiger charge is -2.15. The van der Waals surface area contributed by atoms with Gasteiger partial charge in [-0.25, -0.2) is 5.06 Å². The minimum absolute atomic E-state index is 0.0377. The van der Waals surface area contributed by atoms with E-state index in [2.05, 4.69) is 41.5 Å². The number of nitrogens with one attached hydrogen (secondary N) is 1. The van der Waals surface area contributed by atoms with Crippen molar-refractivity contribution < 1.29 is 14.8 Å². The molecule has 0 spiro atoms. The van der Waals surface area contributed by atoms with Gasteiger partial charge in [-0.1, -0.05) is 49.4 Å². The van der Waals surface area contributed by atoms with Crippen molar-refractivity contribution in [2.24, 2.45) is 0 Å². The minimum atomic E-state index is -0.367. The van der Waals surface area contributed by atoms with E-state index in [0.29, 0.717) is 23.5 Å². The molecule has 6 nitrogen and oxygen atoms in total. The van der Waals surface area contributed by atoms with Crippen LogP contribution in [0.25, 0.3) is 11.1 Å². The summed E-state index contributed by atoms with van der Waals surface area (Å²) in [4.78, 5) is 28.6. The van der Waals surface area contributed by atoms with Gasteiger partial charge in [0, 0.05) is 30.4 Å². The second-order valence-corrected chi connectivity index (χ2v) is 7.58. The van der Waals surface area contributed by atoms with Crippen LogP contribution in [-0.2, 0) is 17.6 Å². The lowest BCUT2D eigenvalue weighted by molar-refractivity contribution is -0.165. The topological polar surface area (TPSA) is 82.5 Å². The molecule has 0 aliphatic rings. The molecule has 2 aromatic carbocycles. The number of rotatable bonds is 10. The zero-order valence-electron chi connectivity index (χ0n) is 18.3. The zero-order valence-corrected chi connectivity index (χ0v) is 18.3. The van der Waals surface area contributed by atoms with Crippen molar-refractivity contribution in [3.8, 4) is 11.1 Å². The van der Waals surface area contributed by atoms with Crippen LogP contribution in [0.4, 0.5) is 0 Å². The SMILES string of the molecule is CCc1ccc(-c2ccc(C(=O)NCCN(O)C(=O)CCCc3ccccn3)cc2)cc1. The maximum atomic E-state index is 12.4. The Labute approximate surface area is 188 Å². The van der Waals surface area contributed by atoms with E-state index in [9.17, 15) is 14.8 Å². The Morgan fingerprint density at radius 3 is 2.28 bits per heavy atom. The maximum absolute atomic E-state index is 12.4. The van der Waals surface area contributed by atoms with E-state index in [1.807, 2.05) is 30.3 Å². The molecule has 6 heteroatoms. The normalized spacial score (nSPS) is 10.6. The van der Waals surface area contributed by atoms with Gasteiger partial charge in [-0.15, -0.1) is 0 Å². The molecule has 0 saturated heterocycles. The number of benzene rings is 2. The number of hydrogen-bond acceptors (Lipinski definition) is 4. The second-order valence-electron chi connectivity index (χ2n) is 7.58. The number of amides is 2. The van der Waals surface area contributed by atoms with E-state index in [-0.39, 0.29) is 31.3 Å². The Bertz CT molecular complexity index is 1000. The van der Waals surface area contributed by atoms with Gasteiger partial charge in [0.1, 0.15) is 0 Å². The van der Waals surface area contributed by atoms with Gasteiger partial charge in [0.05, 0.1) is 6.54 Å². The van der Waals surface area contributed by atoms with Crippen molar-refractivity contribution in [1.29, 1.82) is 0 Å². The monoisotopic (exact) mass is 431 g/mol. The lowest BCUT2D eigenvalue weighted by atomic mass is 10.0. The van der Waals surface area contributed by atoms with E-state index in [0.717, 1.165) is 23.2 Å². The minimum Gasteiger partial charge on any atom is -0.350 e. The smallest absolute Gasteiger partial charge is 0.251 e. The number of pyridine rings is 1. The summed E-state index contributed by atoms with van der Waals surface area (Å²) in [5.41, 5.74) is 4.88. The molecule has 0 atom stereocenters. The highest BCUT2D eigenvalue weighted by atomic mass is 16.5. The molecule has 2 amide bonds. The number of carbonyl (C=O) groups is 2. The number of carbonyl (C=O) groups excluding carboxylic acids is 2. The first kappa shape index (κ1) is 23.2. The largest absolute Gasteiger partial charge is 0.350 e. The standard InChI is InChI=1S/C26H29N3O3/c1-2-20-9-11-21(12-10-20)22-13-15-23(16-14-22)26(31)28-18-19-29(32)25(30)8-5-7-24-6-3-4-17-27-24/h3-4,6,9-17,32H,2,5,7-8,18-19H2,1H3,(H,28,31). The first-order valence-corrected chi connectivity index (χ1v) is 10.9. The summed E-state index contributed by atoms with van der Waals surface area (Å²) < 4.78 is 0. The van der Waals surface area contributed by atoms with Crippen molar-refractivity contribution in [3.05, 3.63) is 89.7 Å². The fourth-order valence-corrected chi connectivity index (χ4v) is 3.34. The van der Waals surface area contributed by atoms with Gasteiger partial charge in [-0.05, 0) is 60.2 Å². The molecule has 32 heavy (non-hydrogen) atoms. The molecule has 0 aliphatic carbocycles. The highest BCUT2D eigenvalue weighted by Crippen LogP contribution is 2.20. The van der Waals surface area contributed by atoms with Crippen molar-refractivity contribution >= 4 is 11.8 Å². The third kappa shape index (κ3) is 6.75. The van der Waals surface area contributed by atoms with Crippen LogP contribution in [-0.4, -0.2) is 40.2 Å². The number of hydroxylamine groups is 2. The number of aromatic nitrogens is 1. The summed E-state index contributed by atoms with van der Waals surface area (Å²) in [6, 6.07) is 21.4. The van der Waals surface area contributed by atoms with Gasteiger partial charge >= 0.3 is 0 Å². The predicted octanol–water partition coefficient (Wildman–Crippen LogP) is 4.28. The van der Waals surface area contributed by atoms with Crippen LogP contribution in [0.1, 0.15) is 41.4 Å². The summed E-state index contributed by atoms with van der Waals surface area (Å²) in [6.07, 6.45) is 4.22. The van der Waals surface area contributed by atoms with Crippen LogP contribution in [0.5, 0.6) is 0 Å². The van der Waals surface area contributed by atoms with Gasteiger partial charge in [0.25, 0.3) is 5.91 Å². The van der Waals surface area contributed by atoms with E-state index in [1.165, 1.54) is 5.56 Å². The second kappa shape index (κ2) is 11.8. The summed E-state index contributed by atoms with van der Waals surface area (Å²) in [7, 11) is 0. The number of nitrogens with zero attached hydrogens (tertiary/aromatic N) is 2. The molecular formula is C26H29N3O3. The van der Waals surface area contributed by atoms with Crippen LogP contribution in [0.3, 0.4) is 0 Å². The summed E-state index contributed by atoms with van der Waals surface area (Å²) >= 11 is 0. The zero-order chi connectivity index (χ0) is 22.8. The highest BCUT2D eigenvalue weighted by molar-refractivity contribution is 5.94. The molecule has 1 aromatic heterocycles. The van der Waals surface area contributed by atoms with E-state index < -0.39 is 0 Å². The molecule has 0 fully saturated rings. The highest BCUT2D eigenvalue weighted by Gasteiger charge is 2.12. The number of hydrogen-bond donors (Lipinski definition) is 2. The molecule has 2 N–H and O–H groups in total. The predicted molar refractivity (Wildman–Crippen MR) is 124 cm³/mol. The maximum Gasteiger partial charge on any atom is 0.251 e. The van der Waals surface area contributed by atoms with Gasteiger partial charge in [-0.3, -0.25) is 19.8 Å². The molecule has 3 rings (SSSR count). The fraction of sp³-hybridized carbons (Fsp3) is 0.269. The third-order valence-corrected chi connectivity index (χ3v) is 5.29. The van der Waals surface area contributed by atoms with Crippen molar-refractivity contribution in [2.45, 2.75) is 32.6 Å². The Morgan fingerprint density at radius 2 is 1.66 bits per heavy atom. The quantitative estimate of drug-likeness (QED) is 0.371. The van der Waals surface area contributed by atoms with E-state index in [1.54, 1.807) is 18.3 Å². The van der Waals surface area contributed by atoms with Gasteiger partial charge in [0.15, 0.2) is 0 Å². The van der Waals surface area contributed by atoms with Gasteiger partial charge < -0.3 is 5.32 Å². The number of aryl methyl sites for hydroxylation is 2. The Morgan fingerprint density at radius 1 is 0.969 bits per heavy atom. The summed E-state index contributed by atoms with van der Waals surface area (Å²) in [6.45, 7) is 2.33. The molecule has 0 aliphatic heterocycles. The fourth-order valence-electron chi connectivity index (χ4n) is 3.34. The molecule has 0 radical (unpaired) electrons. The molecule has 0 saturated carbocycles. The van der Waals surface area contributed by atoms with Crippen LogP contribution in [0.2, 0.25) is 0 Å². The van der Waals surface area contributed by atoms with Crippen molar-refractivity contribution in [1.82, 2.24) is 15.4 Å². The molecular weight excluding hydrogens is 402 g/mol. The Balaban J connectivity index is 1.40. The molecule has 1 heterocycles. The van der Waals surface area contributed by atoms with Crippen molar-refractivity contribution in [3.63, 3.8) is 0 Å². The Hall–Kier alpha value is -3.51. The molecule has 166 valence electrons. The first-order chi connectivity index (χ1) is 15.6. The third-order valence-electron chi connectivity index (χ3n) is 5.29. The first-order valence-electron chi connectivity index (χ1n) is 10.9. The van der Waals surface area contributed by atoms with Gasteiger partial charge in [0.2, 0.25) is 5.91 Å². The van der Waals surface area contributed by atoms with E-state index in [4.69, 9.17) is 0 Å². The van der Waals surface area contributed by atoms with Crippen LogP contribution >= 0.6 is 0 Å². The van der Waals surface area contributed by atoms with Crippen LogP contribution < -0.4 is 5.32 Å². The van der Waals surface area contributed by atoms with Crippen LogP contribution in [0, 0.1) is 0 Å². The summed E-state index contributed by atoms with van der Waals surface area (Å²) in [5.74, 6) is -0.609. The molecule has 0 unspecified atom stereocenters. The summed E-state index contributed by atoms with van der Waals surface area (Å²) in [5, 5.41) is 13.3. The molecule has 0 bridgehead atoms. The van der Waals surface area contributed by atoms with Crippen LogP contribution in [0.15, 0.2) is 72.9 Å². The lowest BCUT2D eigenvalue weighted by Crippen LogP contribution is -2.36. The molecule has 3 aromatic rings. The Kier molecular flexibility index (Phi) is 8.52. The average molecular weight is 432 g/mol. The van der Waals surface area contributed by atoms with E-state index >= 15 is 0 Å².